The maximum Gasteiger partial charge on any atom is 0.338 e. The third-order valence-corrected chi connectivity index (χ3v) is 2.64. The third kappa shape index (κ3) is 2.32. The van der Waals surface area contributed by atoms with Crippen molar-refractivity contribution in [2.24, 2.45) is 0 Å². The number of nitrogens with one attached hydrogen (secondary N) is 1. The van der Waals surface area contributed by atoms with Crippen molar-refractivity contribution in [2.45, 2.75) is 6.42 Å². The van der Waals surface area contributed by atoms with Gasteiger partial charge in [-0.15, -0.1) is 0 Å². The van der Waals surface area contributed by atoms with Crippen LogP contribution in [0, 0.1) is 0 Å². The standard InChI is InChI=1S/C14H13NO3/c1-18-14(17)12-8-10(4-2-3-7-16)9-13-11(12)5-6-15-13/h2,4-9,15H,3H2,1H3. The van der Waals surface area contributed by atoms with Gasteiger partial charge in [0.15, 0.2) is 0 Å². The van der Waals surface area contributed by atoms with Gasteiger partial charge in [0.1, 0.15) is 6.29 Å². The Morgan fingerprint density at radius 1 is 1.44 bits per heavy atom. The van der Waals surface area contributed by atoms with E-state index in [0.717, 1.165) is 22.8 Å². The number of hydrogen-bond donors (Lipinski definition) is 1. The number of aromatic amines is 1. The summed E-state index contributed by atoms with van der Waals surface area (Å²) in [5.41, 5.74) is 2.23. The van der Waals surface area contributed by atoms with Gasteiger partial charge >= 0.3 is 5.97 Å². The summed E-state index contributed by atoms with van der Waals surface area (Å²) in [6, 6.07) is 5.51. The second kappa shape index (κ2) is 5.31. The van der Waals surface area contributed by atoms with E-state index in [1.54, 1.807) is 24.4 Å². The number of ether oxygens (including phenoxy) is 1. The van der Waals surface area contributed by atoms with Crippen molar-refractivity contribution in [2.75, 3.05) is 7.11 Å². The Morgan fingerprint density at radius 2 is 2.28 bits per heavy atom. The molecule has 1 N–H and O–H groups in total. The first kappa shape index (κ1) is 12.1. The van der Waals surface area contributed by atoms with Gasteiger partial charge in [0.2, 0.25) is 0 Å². The Bertz CT molecular complexity index is 611. The molecule has 4 heteroatoms. The van der Waals surface area contributed by atoms with Crippen molar-refractivity contribution >= 4 is 29.2 Å². The minimum Gasteiger partial charge on any atom is -0.465 e. The summed E-state index contributed by atoms with van der Waals surface area (Å²) in [6.45, 7) is 0. The largest absolute Gasteiger partial charge is 0.465 e. The highest BCUT2D eigenvalue weighted by molar-refractivity contribution is 6.04. The monoisotopic (exact) mass is 243 g/mol. The molecule has 2 rings (SSSR count). The van der Waals surface area contributed by atoms with Crippen molar-refractivity contribution < 1.29 is 14.3 Å². The fourth-order valence-corrected chi connectivity index (χ4v) is 1.82. The molecule has 0 amide bonds. The van der Waals surface area contributed by atoms with Crippen molar-refractivity contribution in [3.05, 3.63) is 41.6 Å². The molecule has 0 bridgehead atoms. The van der Waals surface area contributed by atoms with Gasteiger partial charge in [0, 0.05) is 23.5 Å². The number of rotatable bonds is 4. The number of allylic oxidation sites excluding steroid dienone is 1. The number of aldehydes is 1. The molecular weight excluding hydrogens is 230 g/mol. The second-order valence-electron chi connectivity index (χ2n) is 3.80. The van der Waals surface area contributed by atoms with Crippen LogP contribution in [0.1, 0.15) is 22.3 Å². The number of fused-ring (bicyclic) bond motifs is 1. The fraction of sp³-hybridized carbons (Fsp3) is 0.143. The minimum absolute atomic E-state index is 0.357. The number of hydrogen-bond acceptors (Lipinski definition) is 3. The lowest BCUT2D eigenvalue weighted by molar-refractivity contribution is -0.107. The number of methoxy groups -OCH3 is 1. The number of carbonyl (C=O) groups excluding carboxylic acids is 2. The van der Waals surface area contributed by atoms with E-state index in [2.05, 4.69) is 4.98 Å². The van der Waals surface area contributed by atoms with Crippen LogP contribution in [0.5, 0.6) is 0 Å². The average Bonchev–Trinajstić information content (AvgIpc) is 2.85. The molecule has 0 radical (unpaired) electrons. The minimum atomic E-state index is -0.370. The van der Waals surface area contributed by atoms with E-state index in [9.17, 15) is 9.59 Å². The van der Waals surface area contributed by atoms with E-state index in [1.807, 2.05) is 12.1 Å². The Labute approximate surface area is 104 Å². The maximum atomic E-state index is 11.7. The number of esters is 1. The third-order valence-electron chi connectivity index (χ3n) is 2.64. The summed E-state index contributed by atoms with van der Waals surface area (Å²) >= 11 is 0. The van der Waals surface area contributed by atoms with Gasteiger partial charge in [-0.1, -0.05) is 12.2 Å². The maximum absolute atomic E-state index is 11.7. The van der Waals surface area contributed by atoms with Gasteiger partial charge in [-0.05, 0) is 23.8 Å². The molecule has 0 unspecified atom stereocenters. The summed E-state index contributed by atoms with van der Waals surface area (Å²) in [4.78, 5) is 25.0. The van der Waals surface area contributed by atoms with Gasteiger partial charge in [-0.25, -0.2) is 4.79 Å². The highest BCUT2D eigenvalue weighted by atomic mass is 16.5. The van der Waals surface area contributed by atoms with Gasteiger partial charge in [0.05, 0.1) is 12.7 Å². The topological polar surface area (TPSA) is 59.2 Å². The number of benzene rings is 1. The van der Waals surface area contributed by atoms with E-state index >= 15 is 0 Å². The first-order chi connectivity index (χ1) is 8.76. The van der Waals surface area contributed by atoms with E-state index in [4.69, 9.17) is 4.74 Å². The first-order valence-corrected chi connectivity index (χ1v) is 5.56. The molecule has 0 aliphatic rings. The Morgan fingerprint density at radius 3 is 3.00 bits per heavy atom. The van der Waals surface area contributed by atoms with E-state index < -0.39 is 0 Å². The number of carbonyl (C=O) groups is 2. The molecule has 0 aliphatic carbocycles. The Kier molecular flexibility index (Phi) is 3.57. The second-order valence-corrected chi connectivity index (χ2v) is 3.80. The summed E-state index contributed by atoms with van der Waals surface area (Å²) in [5, 5.41) is 0.828. The highest BCUT2D eigenvalue weighted by Crippen LogP contribution is 2.21. The predicted molar refractivity (Wildman–Crippen MR) is 69.4 cm³/mol. The Balaban J connectivity index is 2.50. The number of H-pyrrole nitrogens is 1. The van der Waals surface area contributed by atoms with Crippen molar-refractivity contribution in [1.82, 2.24) is 4.98 Å². The lowest BCUT2D eigenvalue weighted by Crippen LogP contribution is -2.02. The quantitative estimate of drug-likeness (QED) is 0.663. The lowest BCUT2D eigenvalue weighted by Gasteiger charge is -2.03. The molecule has 92 valence electrons. The van der Waals surface area contributed by atoms with Gasteiger partial charge in [0.25, 0.3) is 0 Å². The molecule has 0 spiro atoms. The van der Waals surface area contributed by atoms with Gasteiger partial charge < -0.3 is 14.5 Å². The van der Waals surface area contributed by atoms with E-state index in [0.29, 0.717) is 12.0 Å². The molecule has 0 saturated heterocycles. The van der Waals surface area contributed by atoms with Crippen LogP contribution in [-0.4, -0.2) is 24.3 Å². The zero-order valence-corrected chi connectivity index (χ0v) is 9.97. The fourth-order valence-electron chi connectivity index (χ4n) is 1.82. The smallest absolute Gasteiger partial charge is 0.338 e. The molecule has 18 heavy (non-hydrogen) atoms. The predicted octanol–water partition coefficient (Wildman–Crippen LogP) is 2.56. The van der Waals surface area contributed by atoms with Crippen LogP contribution in [0.4, 0.5) is 0 Å². The summed E-state index contributed by atoms with van der Waals surface area (Å²) in [6.07, 6.45) is 6.51. The molecule has 2 aromatic rings. The van der Waals surface area contributed by atoms with Crippen molar-refractivity contribution in [3.8, 4) is 0 Å². The zero-order valence-electron chi connectivity index (χ0n) is 9.97. The molecule has 4 nitrogen and oxygen atoms in total. The van der Waals surface area contributed by atoms with Crippen LogP contribution in [0.25, 0.3) is 17.0 Å². The number of aromatic nitrogens is 1. The van der Waals surface area contributed by atoms with Crippen LogP contribution < -0.4 is 0 Å². The van der Waals surface area contributed by atoms with Gasteiger partial charge in [-0.2, -0.15) is 0 Å². The first-order valence-electron chi connectivity index (χ1n) is 5.56. The zero-order chi connectivity index (χ0) is 13.0. The van der Waals surface area contributed by atoms with Crippen LogP contribution in [0.3, 0.4) is 0 Å². The van der Waals surface area contributed by atoms with Crippen molar-refractivity contribution in [1.29, 1.82) is 0 Å². The molecule has 0 saturated carbocycles. The lowest BCUT2D eigenvalue weighted by atomic mass is 10.1. The van der Waals surface area contributed by atoms with Gasteiger partial charge in [-0.3, -0.25) is 0 Å². The molecular formula is C14H13NO3. The highest BCUT2D eigenvalue weighted by Gasteiger charge is 2.11. The SMILES string of the molecule is COC(=O)c1cc(C=CCC=O)cc2[nH]ccc12. The summed E-state index contributed by atoms with van der Waals surface area (Å²) in [7, 11) is 1.36. The molecule has 0 aliphatic heterocycles. The normalized spacial score (nSPS) is 10.9. The van der Waals surface area contributed by atoms with Crippen molar-refractivity contribution in [3.63, 3.8) is 0 Å². The summed E-state index contributed by atoms with van der Waals surface area (Å²) < 4.78 is 4.76. The van der Waals surface area contributed by atoms with Crippen LogP contribution in [-0.2, 0) is 9.53 Å². The molecule has 1 heterocycles. The molecule has 0 atom stereocenters. The molecule has 1 aromatic heterocycles. The average molecular weight is 243 g/mol. The van der Waals surface area contributed by atoms with Crippen LogP contribution >= 0.6 is 0 Å². The van der Waals surface area contributed by atoms with Crippen LogP contribution in [0.2, 0.25) is 0 Å². The van der Waals surface area contributed by atoms with E-state index in [1.165, 1.54) is 7.11 Å². The van der Waals surface area contributed by atoms with Crippen LogP contribution in [0.15, 0.2) is 30.5 Å². The van der Waals surface area contributed by atoms with E-state index in [-0.39, 0.29) is 5.97 Å². The molecule has 1 aromatic carbocycles. The Hall–Kier alpha value is -2.36. The molecule has 0 fully saturated rings. The summed E-state index contributed by atoms with van der Waals surface area (Å²) in [5.74, 6) is -0.370.